The van der Waals surface area contributed by atoms with E-state index in [1.165, 1.54) is 16.7 Å². The fraction of sp³-hybridized carbons (Fsp3) is 0.294. The molecule has 2 N–H and O–H groups in total. The SMILES string of the molecule is Clc1ccc2c(c1NCc1ccccc1)CCNCC2. The van der Waals surface area contributed by atoms with Crippen molar-refractivity contribution in [1.29, 1.82) is 0 Å². The Balaban J connectivity index is 1.85. The number of rotatable bonds is 3. The van der Waals surface area contributed by atoms with Crippen LogP contribution in [-0.2, 0) is 19.4 Å². The fourth-order valence-electron chi connectivity index (χ4n) is 2.72. The maximum atomic E-state index is 6.40. The number of benzene rings is 2. The molecule has 0 aromatic heterocycles. The average Bonchev–Trinajstić information content (AvgIpc) is 2.73. The first kappa shape index (κ1) is 13.5. The molecule has 2 nitrogen and oxygen atoms in total. The summed E-state index contributed by atoms with van der Waals surface area (Å²) in [5, 5.41) is 7.79. The van der Waals surface area contributed by atoms with Gasteiger partial charge >= 0.3 is 0 Å². The molecule has 0 aliphatic carbocycles. The molecule has 0 amide bonds. The van der Waals surface area contributed by atoms with Crippen molar-refractivity contribution in [1.82, 2.24) is 5.32 Å². The summed E-state index contributed by atoms with van der Waals surface area (Å²) >= 11 is 6.40. The van der Waals surface area contributed by atoms with Gasteiger partial charge in [0.1, 0.15) is 0 Å². The van der Waals surface area contributed by atoms with Gasteiger partial charge in [-0.2, -0.15) is 0 Å². The number of anilines is 1. The van der Waals surface area contributed by atoms with Crippen molar-refractivity contribution < 1.29 is 0 Å². The van der Waals surface area contributed by atoms with Gasteiger partial charge in [0.05, 0.1) is 10.7 Å². The molecule has 0 radical (unpaired) electrons. The molecule has 2 aromatic carbocycles. The van der Waals surface area contributed by atoms with E-state index in [0.717, 1.165) is 43.2 Å². The standard InChI is InChI=1S/C17H19ClN2/c18-16-7-6-14-8-10-19-11-9-15(14)17(16)20-12-13-4-2-1-3-5-13/h1-7,19-20H,8-12H2. The molecule has 2 aromatic rings. The van der Waals surface area contributed by atoms with Gasteiger partial charge in [0.15, 0.2) is 0 Å². The zero-order valence-corrected chi connectivity index (χ0v) is 12.2. The molecule has 3 heteroatoms. The van der Waals surface area contributed by atoms with E-state index in [-0.39, 0.29) is 0 Å². The molecule has 0 saturated carbocycles. The van der Waals surface area contributed by atoms with Gasteiger partial charge in [0.2, 0.25) is 0 Å². The van der Waals surface area contributed by atoms with E-state index in [1.807, 2.05) is 12.1 Å². The van der Waals surface area contributed by atoms with Crippen molar-refractivity contribution in [3.05, 3.63) is 64.2 Å². The summed E-state index contributed by atoms with van der Waals surface area (Å²) in [4.78, 5) is 0. The molecular formula is C17H19ClN2. The smallest absolute Gasteiger partial charge is 0.0640 e. The molecule has 0 fully saturated rings. The number of halogens is 1. The highest BCUT2D eigenvalue weighted by Gasteiger charge is 2.14. The van der Waals surface area contributed by atoms with Gasteiger partial charge < -0.3 is 10.6 Å². The van der Waals surface area contributed by atoms with Gasteiger partial charge in [0, 0.05) is 6.54 Å². The van der Waals surface area contributed by atoms with E-state index in [0.29, 0.717) is 0 Å². The summed E-state index contributed by atoms with van der Waals surface area (Å²) in [6, 6.07) is 14.6. The highest BCUT2D eigenvalue weighted by molar-refractivity contribution is 6.33. The summed E-state index contributed by atoms with van der Waals surface area (Å²) in [5.41, 5.74) is 5.16. The Morgan fingerprint density at radius 3 is 2.65 bits per heavy atom. The molecule has 0 atom stereocenters. The quantitative estimate of drug-likeness (QED) is 0.900. The lowest BCUT2D eigenvalue weighted by atomic mass is 10.0. The third-order valence-corrected chi connectivity index (χ3v) is 4.11. The third kappa shape index (κ3) is 2.97. The van der Waals surface area contributed by atoms with Crippen LogP contribution in [0.2, 0.25) is 5.02 Å². The molecule has 1 heterocycles. The summed E-state index contributed by atoms with van der Waals surface area (Å²) < 4.78 is 0. The topological polar surface area (TPSA) is 24.1 Å². The average molecular weight is 287 g/mol. The number of fused-ring (bicyclic) bond motifs is 1. The van der Waals surface area contributed by atoms with Gasteiger partial charge in [-0.15, -0.1) is 0 Å². The van der Waals surface area contributed by atoms with Crippen LogP contribution >= 0.6 is 11.6 Å². The van der Waals surface area contributed by atoms with Crippen LogP contribution in [0.3, 0.4) is 0 Å². The number of hydrogen-bond acceptors (Lipinski definition) is 2. The zero-order chi connectivity index (χ0) is 13.8. The van der Waals surface area contributed by atoms with E-state index in [4.69, 9.17) is 11.6 Å². The summed E-state index contributed by atoms with van der Waals surface area (Å²) in [5.74, 6) is 0. The first-order valence-electron chi connectivity index (χ1n) is 7.13. The second-order valence-electron chi connectivity index (χ2n) is 5.15. The molecule has 0 spiro atoms. The molecule has 1 aliphatic heterocycles. The highest BCUT2D eigenvalue weighted by atomic mass is 35.5. The molecule has 0 unspecified atom stereocenters. The van der Waals surface area contributed by atoms with Crippen LogP contribution in [0, 0.1) is 0 Å². The van der Waals surface area contributed by atoms with Gasteiger partial charge in [-0.05, 0) is 48.7 Å². The van der Waals surface area contributed by atoms with E-state index < -0.39 is 0 Å². The lowest BCUT2D eigenvalue weighted by molar-refractivity contribution is 0.711. The molecule has 104 valence electrons. The van der Waals surface area contributed by atoms with Crippen molar-refractivity contribution in [3.8, 4) is 0 Å². The molecule has 20 heavy (non-hydrogen) atoms. The predicted molar refractivity (Wildman–Crippen MR) is 85.5 cm³/mol. The minimum Gasteiger partial charge on any atom is -0.380 e. The van der Waals surface area contributed by atoms with Crippen molar-refractivity contribution >= 4 is 17.3 Å². The Kier molecular flexibility index (Phi) is 4.24. The minimum atomic E-state index is 0.810. The highest BCUT2D eigenvalue weighted by Crippen LogP contribution is 2.31. The zero-order valence-electron chi connectivity index (χ0n) is 11.5. The van der Waals surface area contributed by atoms with Crippen LogP contribution in [0.25, 0.3) is 0 Å². The van der Waals surface area contributed by atoms with Crippen molar-refractivity contribution in [2.45, 2.75) is 19.4 Å². The van der Waals surface area contributed by atoms with Crippen LogP contribution in [0.5, 0.6) is 0 Å². The van der Waals surface area contributed by atoms with Gasteiger partial charge in [-0.1, -0.05) is 48.0 Å². The van der Waals surface area contributed by atoms with Crippen molar-refractivity contribution in [3.63, 3.8) is 0 Å². The van der Waals surface area contributed by atoms with Crippen LogP contribution in [0.4, 0.5) is 5.69 Å². The Bertz CT molecular complexity index is 581. The summed E-state index contributed by atoms with van der Waals surface area (Å²) in [7, 11) is 0. The Morgan fingerprint density at radius 2 is 1.80 bits per heavy atom. The van der Waals surface area contributed by atoms with Gasteiger partial charge in [-0.3, -0.25) is 0 Å². The maximum Gasteiger partial charge on any atom is 0.0640 e. The molecular weight excluding hydrogens is 268 g/mol. The predicted octanol–water partition coefficient (Wildman–Crippen LogP) is 3.64. The van der Waals surface area contributed by atoms with Crippen molar-refractivity contribution in [2.75, 3.05) is 18.4 Å². The van der Waals surface area contributed by atoms with Crippen LogP contribution in [0.1, 0.15) is 16.7 Å². The molecule has 0 bridgehead atoms. The molecule has 0 saturated heterocycles. The van der Waals surface area contributed by atoms with Crippen LogP contribution in [-0.4, -0.2) is 13.1 Å². The number of hydrogen-bond donors (Lipinski definition) is 2. The van der Waals surface area contributed by atoms with E-state index >= 15 is 0 Å². The summed E-state index contributed by atoms with van der Waals surface area (Å²) in [6.07, 6.45) is 2.11. The third-order valence-electron chi connectivity index (χ3n) is 3.79. The Hall–Kier alpha value is -1.51. The van der Waals surface area contributed by atoms with Crippen LogP contribution < -0.4 is 10.6 Å². The Morgan fingerprint density at radius 1 is 1.00 bits per heavy atom. The fourth-order valence-corrected chi connectivity index (χ4v) is 2.96. The van der Waals surface area contributed by atoms with E-state index in [2.05, 4.69) is 41.0 Å². The minimum absolute atomic E-state index is 0.810. The van der Waals surface area contributed by atoms with Gasteiger partial charge in [-0.25, -0.2) is 0 Å². The first-order chi connectivity index (χ1) is 9.84. The maximum absolute atomic E-state index is 6.40. The van der Waals surface area contributed by atoms with Gasteiger partial charge in [0.25, 0.3) is 0 Å². The second kappa shape index (κ2) is 6.29. The van der Waals surface area contributed by atoms with E-state index in [9.17, 15) is 0 Å². The van der Waals surface area contributed by atoms with E-state index in [1.54, 1.807) is 0 Å². The summed E-state index contributed by atoms with van der Waals surface area (Å²) in [6.45, 7) is 2.88. The van der Waals surface area contributed by atoms with Crippen LogP contribution in [0.15, 0.2) is 42.5 Å². The molecule has 3 rings (SSSR count). The normalized spacial score (nSPS) is 14.4. The first-order valence-corrected chi connectivity index (χ1v) is 7.51. The monoisotopic (exact) mass is 286 g/mol. The largest absolute Gasteiger partial charge is 0.380 e. The number of nitrogens with one attached hydrogen (secondary N) is 2. The lowest BCUT2D eigenvalue weighted by Crippen LogP contribution is -2.16. The lowest BCUT2D eigenvalue weighted by Gasteiger charge is -2.16. The van der Waals surface area contributed by atoms with Crippen molar-refractivity contribution in [2.24, 2.45) is 0 Å². The molecule has 1 aliphatic rings. The Labute approximate surface area is 125 Å². The second-order valence-corrected chi connectivity index (χ2v) is 5.56.